The van der Waals surface area contributed by atoms with Crippen molar-refractivity contribution in [3.8, 4) is 16.9 Å². The van der Waals surface area contributed by atoms with Crippen LogP contribution in [0.4, 0.5) is 13.2 Å². The molecule has 0 fully saturated rings. The molecule has 0 N–H and O–H groups in total. The first-order valence-electron chi connectivity index (χ1n) is 8.59. The van der Waals surface area contributed by atoms with E-state index in [0.717, 1.165) is 4.90 Å². The van der Waals surface area contributed by atoms with Crippen molar-refractivity contribution in [2.24, 2.45) is 0 Å². The Hall–Kier alpha value is -3.68. The van der Waals surface area contributed by atoms with E-state index < -0.39 is 18.2 Å². The topological polar surface area (TPSA) is 59.5 Å². The maximum Gasteiger partial charge on any atom is 0.573 e. The lowest BCUT2D eigenvalue weighted by atomic mass is 10.1. The first-order valence-corrected chi connectivity index (χ1v) is 8.59. The van der Waals surface area contributed by atoms with E-state index in [2.05, 4.69) is 9.72 Å². The molecule has 1 aromatic heterocycles. The molecule has 0 radical (unpaired) electrons. The second kappa shape index (κ2) is 7.05. The quantitative estimate of drug-likeness (QED) is 0.610. The van der Waals surface area contributed by atoms with Crippen LogP contribution in [-0.2, 0) is 6.54 Å². The van der Waals surface area contributed by atoms with Crippen LogP contribution < -0.4 is 4.74 Å². The Bertz CT molecular complexity index is 1060. The summed E-state index contributed by atoms with van der Waals surface area (Å²) < 4.78 is 41.9. The van der Waals surface area contributed by atoms with Gasteiger partial charge in [0.05, 0.1) is 23.4 Å². The maximum atomic E-state index is 12.6. The first-order chi connectivity index (χ1) is 13.8. The molecule has 2 heterocycles. The number of benzene rings is 2. The Balaban J connectivity index is 1.56. The molecule has 0 aliphatic carbocycles. The van der Waals surface area contributed by atoms with E-state index in [9.17, 15) is 22.8 Å². The molecule has 8 heteroatoms. The maximum absolute atomic E-state index is 12.6. The van der Waals surface area contributed by atoms with Crippen LogP contribution in [0.1, 0.15) is 26.4 Å². The van der Waals surface area contributed by atoms with E-state index in [0.29, 0.717) is 22.4 Å². The zero-order valence-electron chi connectivity index (χ0n) is 14.8. The summed E-state index contributed by atoms with van der Waals surface area (Å²) in [5, 5.41) is 0. The Kier molecular flexibility index (Phi) is 4.54. The van der Waals surface area contributed by atoms with E-state index >= 15 is 0 Å². The number of alkyl halides is 3. The van der Waals surface area contributed by atoms with Gasteiger partial charge in [0.2, 0.25) is 0 Å². The standard InChI is InChI=1S/C21H13F3N2O3/c22-21(23,24)29-18-8-4-3-5-15(18)13-9-10-14(25-11-13)12-26-19(27)16-6-1-2-7-17(16)20(26)28/h1-11H,12H2. The fourth-order valence-electron chi connectivity index (χ4n) is 3.14. The third-order valence-electron chi connectivity index (χ3n) is 4.45. The molecular formula is C21H13F3N2O3. The molecule has 0 unspecified atom stereocenters. The molecular weight excluding hydrogens is 385 g/mol. The third kappa shape index (κ3) is 3.69. The molecule has 1 aliphatic heterocycles. The van der Waals surface area contributed by atoms with Gasteiger partial charge in [-0.2, -0.15) is 0 Å². The van der Waals surface area contributed by atoms with Crippen LogP contribution in [0.15, 0.2) is 66.9 Å². The van der Waals surface area contributed by atoms with Gasteiger partial charge in [0.25, 0.3) is 11.8 Å². The van der Waals surface area contributed by atoms with Crippen molar-refractivity contribution in [3.63, 3.8) is 0 Å². The van der Waals surface area contributed by atoms with Gasteiger partial charge in [-0.15, -0.1) is 13.2 Å². The number of rotatable bonds is 4. The van der Waals surface area contributed by atoms with Gasteiger partial charge >= 0.3 is 6.36 Å². The largest absolute Gasteiger partial charge is 0.573 e. The van der Waals surface area contributed by atoms with Crippen molar-refractivity contribution >= 4 is 11.8 Å². The van der Waals surface area contributed by atoms with Crippen LogP contribution in [0.5, 0.6) is 5.75 Å². The lowest BCUT2D eigenvalue weighted by molar-refractivity contribution is -0.274. The van der Waals surface area contributed by atoms with Crippen molar-refractivity contribution in [2.75, 3.05) is 0 Å². The van der Waals surface area contributed by atoms with E-state index in [-0.39, 0.29) is 17.9 Å². The minimum Gasteiger partial charge on any atom is -0.405 e. The molecule has 0 saturated carbocycles. The fourth-order valence-corrected chi connectivity index (χ4v) is 3.14. The number of fused-ring (bicyclic) bond motifs is 1. The summed E-state index contributed by atoms with van der Waals surface area (Å²) in [6.45, 7) is -0.0344. The molecule has 0 atom stereocenters. The van der Waals surface area contributed by atoms with E-state index in [1.54, 1.807) is 42.5 Å². The SMILES string of the molecule is O=C1c2ccccc2C(=O)N1Cc1ccc(-c2ccccc2OC(F)(F)F)cn1. The summed E-state index contributed by atoms with van der Waals surface area (Å²) in [4.78, 5) is 30.2. The number of pyridine rings is 1. The van der Waals surface area contributed by atoms with E-state index in [1.807, 2.05) is 0 Å². The third-order valence-corrected chi connectivity index (χ3v) is 4.45. The Morgan fingerprint density at radius 1 is 0.828 bits per heavy atom. The molecule has 3 aromatic rings. The van der Waals surface area contributed by atoms with Crippen LogP contribution in [0.25, 0.3) is 11.1 Å². The van der Waals surface area contributed by atoms with Crippen molar-refractivity contribution in [1.29, 1.82) is 0 Å². The van der Waals surface area contributed by atoms with Crippen LogP contribution in [0, 0.1) is 0 Å². The van der Waals surface area contributed by atoms with Gasteiger partial charge in [0.1, 0.15) is 5.75 Å². The number of aromatic nitrogens is 1. The van der Waals surface area contributed by atoms with Gasteiger partial charge < -0.3 is 4.74 Å². The predicted octanol–water partition coefficient (Wildman–Crippen LogP) is 4.44. The average molecular weight is 398 g/mol. The summed E-state index contributed by atoms with van der Waals surface area (Å²) in [5.74, 6) is -1.14. The molecule has 4 rings (SSSR count). The van der Waals surface area contributed by atoms with Gasteiger partial charge in [-0.1, -0.05) is 36.4 Å². The molecule has 2 aromatic carbocycles. The normalized spacial score (nSPS) is 13.6. The van der Waals surface area contributed by atoms with Crippen LogP contribution >= 0.6 is 0 Å². The highest BCUT2D eigenvalue weighted by molar-refractivity contribution is 6.21. The van der Waals surface area contributed by atoms with Gasteiger partial charge in [-0.05, 0) is 24.3 Å². The molecule has 0 spiro atoms. The number of nitrogens with zero attached hydrogens (tertiary/aromatic N) is 2. The highest BCUT2D eigenvalue weighted by Gasteiger charge is 2.35. The number of imide groups is 1. The van der Waals surface area contributed by atoms with Gasteiger partial charge in [0.15, 0.2) is 0 Å². The minimum atomic E-state index is -4.81. The summed E-state index contributed by atoms with van der Waals surface area (Å²) in [6.07, 6.45) is -3.43. The van der Waals surface area contributed by atoms with Gasteiger partial charge in [0, 0.05) is 17.3 Å². The molecule has 146 valence electrons. The van der Waals surface area contributed by atoms with Gasteiger partial charge in [-0.25, -0.2) is 0 Å². The van der Waals surface area contributed by atoms with Crippen molar-refractivity contribution in [2.45, 2.75) is 12.9 Å². The summed E-state index contributed by atoms with van der Waals surface area (Å²) in [7, 11) is 0. The van der Waals surface area contributed by atoms with Crippen LogP contribution in [0.3, 0.4) is 0 Å². The van der Waals surface area contributed by atoms with E-state index in [1.165, 1.54) is 24.4 Å². The lowest BCUT2D eigenvalue weighted by Gasteiger charge is -2.15. The van der Waals surface area contributed by atoms with Crippen molar-refractivity contribution in [3.05, 3.63) is 83.7 Å². The number of halogens is 3. The highest BCUT2D eigenvalue weighted by atomic mass is 19.4. The monoisotopic (exact) mass is 398 g/mol. The summed E-state index contributed by atoms with van der Waals surface area (Å²) >= 11 is 0. The van der Waals surface area contributed by atoms with Crippen molar-refractivity contribution in [1.82, 2.24) is 9.88 Å². The van der Waals surface area contributed by atoms with Gasteiger partial charge in [-0.3, -0.25) is 19.5 Å². The average Bonchev–Trinajstić information content (AvgIpc) is 2.93. The zero-order valence-corrected chi connectivity index (χ0v) is 14.8. The molecule has 0 bridgehead atoms. The molecule has 5 nitrogen and oxygen atoms in total. The van der Waals surface area contributed by atoms with Crippen LogP contribution in [-0.4, -0.2) is 28.1 Å². The Morgan fingerprint density at radius 2 is 1.41 bits per heavy atom. The first kappa shape index (κ1) is 18.7. The number of carbonyl (C=O) groups is 2. The predicted molar refractivity (Wildman–Crippen MR) is 97.0 cm³/mol. The molecule has 1 aliphatic rings. The second-order valence-corrected chi connectivity index (χ2v) is 6.32. The minimum absolute atomic E-state index is 0.0344. The van der Waals surface area contributed by atoms with Crippen molar-refractivity contribution < 1.29 is 27.5 Å². The fraction of sp³-hybridized carbons (Fsp3) is 0.0952. The smallest absolute Gasteiger partial charge is 0.405 e. The van der Waals surface area contributed by atoms with E-state index in [4.69, 9.17) is 0 Å². The van der Waals surface area contributed by atoms with Crippen LogP contribution in [0.2, 0.25) is 0 Å². The molecule has 29 heavy (non-hydrogen) atoms. The Morgan fingerprint density at radius 3 is 1.97 bits per heavy atom. The Labute approximate surface area is 163 Å². The number of hydrogen-bond acceptors (Lipinski definition) is 4. The molecule has 2 amide bonds. The lowest BCUT2D eigenvalue weighted by Crippen LogP contribution is -2.29. The zero-order chi connectivity index (χ0) is 20.6. The summed E-state index contributed by atoms with van der Waals surface area (Å²) in [6, 6.07) is 15.4. The number of carbonyl (C=O) groups excluding carboxylic acids is 2. The summed E-state index contributed by atoms with van der Waals surface area (Å²) in [5.41, 5.74) is 1.75. The number of hydrogen-bond donors (Lipinski definition) is 0. The highest BCUT2D eigenvalue weighted by Crippen LogP contribution is 2.33. The second-order valence-electron chi connectivity index (χ2n) is 6.32. The molecule has 0 saturated heterocycles. The number of para-hydroxylation sites is 1. The number of amides is 2. The number of ether oxygens (including phenoxy) is 1.